The minimum absolute atomic E-state index is 0.141. The van der Waals surface area contributed by atoms with Crippen LogP contribution in [0.15, 0.2) is 18.2 Å². The number of nitrogens with one attached hydrogen (secondary N) is 2. The maximum atomic E-state index is 11.5. The van der Waals surface area contributed by atoms with Gasteiger partial charge < -0.3 is 15.4 Å². The van der Waals surface area contributed by atoms with Crippen LogP contribution in [-0.2, 0) is 6.42 Å². The molecule has 0 bridgehead atoms. The number of carbonyl (C=O) groups excluding carboxylic acids is 1. The molecule has 1 heterocycles. The Kier molecular flexibility index (Phi) is 3.85. The number of unbranched alkanes of at least 4 members (excludes halogenated alkanes) is 1. The Balaban J connectivity index is 1.88. The van der Waals surface area contributed by atoms with Gasteiger partial charge in [0, 0.05) is 18.7 Å². The second kappa shape index (κ2) is 5.57. The number of urea groups is 1. The van der Waals surface area contributed by atoms with Crippen molar-refractivity contribution in [3.63, 3.8) is 0 Å². The molecule has 4 heteroatoms. The van der Waals surface area contributed by atoms with Crippen molar-refractivity contribution in [2.24, 2.45) is 0 Å². The fourth-order valence-corrected chi connectivity index (χ4v) is 1.82. The third-order valence-corrected chi connectivity index (χ3v) is 2.76. The molecule has 2 amide bonds. The van der Waals surface area contributed by atoms with E-state index in [0.717, 1.165) is 49.4 Å². The van der Waals surface area contributed by atoms with Crippen LogP contribution in [0.3, 0.4) is 0 Å². The monoisotopic (exact) mass is 234 g/mol. The molecule has 0 aliphatic carbocycles. The van der Waals surface area contributed by atoms with Crippen molar-refractivity contribution >= 4 is 11.7 Å². The lowest BCUT2D eigenvalue weighted by atomic mass is 10.1. The first-order valence-corrected chi connectivity index (χ1v) is 6.10. The maximum absolute atomic E-state index is 11.5. The number of hydrogen-bond acceptors (Lipinski definition) is 2. The quantitative estimate of drug-likeness (QED) is 0.786. The number of rotatable bonds is 4. The number of amides is 2. The van der Waals surface area contributed by atoms with Gasteiger partial charge in [-0.15, -0.1) is 0 Å². The highest BCUT2D eigenvalue weighted by Gasteiger charge is 2.12. The SMILES string of the molecule is CCCCNC(=O)Nc1ccc2c(c1)CCO2. The zero-order valence-electron chi connectivity index (χ0n) is 10.1. The van der Waals surface area contributed by atoms with E-state index in [0.29, 0.717) is 0 Å². The van der Waals surface area contributed by atoms with E-state index in [4.69, 9.17) is 4.74 Å². The molecule has 4 nitrogen and oxygen atoms in total. The van der Waals surface area contributed by atoms with Crippen LogP contribution in [0.1, 0.15) is 25.3 Å². The van der Waals surface area contributed by atoms with Crippen LogP contribution in [-0.4, -0.2) is 19.2 Å². The summed E-state index contributed by atoms with van der Waals surface area (Å²) in [5.74, 6) is 0.932. The molecule has 0 atom stereocenters. The Morgan fingerprint density at radius 2 is 2.35 bits per heavy atom. The number of benzene rings is 1. The van der Waals surface area contributed by atoms with E-state index in [1.165, 1.54) is 0 Å². The largest absolute Gasteiger partial charge is 0.493 e. The molecule has 0 spiro atoms. The topological polar surface area (TPSA) is 50.4 Å². The number of carbonyl (C=O) groups is 1. The summed E-state index contributed by atoms with van der Waals surface area (Å²) in [6.45, 7) is 3.55. The van der Waals surface area contributed by atoms with Crippen LogP contribution in [0.5, 0.6) is 5.75 Å². The normalized spacial score (nSPS) is 12.8. The standard InChI is InChI=1S/C13H18N2O2/c1-2-3-7-14-13(16)15-11-4-5-12-10(9-11)6-8-17-12/h4-5,9H,2-3,6-8H2,1H3,(H2,14,15,16). The lowest BCUT2D eigenvalue weighted by Gasteiger charge is -2.08. The molecule has 17 heavy (non-hydrogen) atoms. The Morgan fingerprint density at radius 1 is 1.47 bits per heavy atom. The van der Waals surface area contributed by atoms with Crippen LogP contribution >= 0.6 is 0 Å². The van der Waals surface area contributed by atoms with Crippen molar-refractivity contribution in [2.45, 2.75) is 26.2 Å². The predicted molar refractivity (Wildman–Crippen MR) is 67.6 cm³/mol. The highest BCUT2D eigenvalue weighted by molar-refractivity contribution is 5.89. The molecule has 0 radical (unpaired) electrons. The van der Waals surface area contributed by atoms with Gasteiger partial charge in [-0.1, -0.05) is 13.3 Å². The van der Waals surface area contributed by atoms with Gasteiger partial charge in [-0.05, 0) is 30.2 Å². The summed E-state index contributed by atoms with van der Waals surface area (Å²) in [4.78, 5) is 11.5. The zero-order valence-corrected chi connectivity index (χ0v) is 10.1. The van der Waals surface area contributed by atoms with E-state index in [1.54, 1.807) is 0 Å². The van der Waals surface area contributed by atoms with Crippen LogP contribution in [0.25, 0.3) is 0 Å². The van der Waals surface area contributed by atoms with E-state index in [-0.39, 0.29) is 6.03 Å². The Labute approximate surface area is 101 Å². The van der Waals surface area contributed by atoms with Gasteiger partial charge in [-0.2, -0.15) is 0 Å². The second-order valence-corrected chi connectivity index (χ2v) is 4.16. The van der Waals surface area contributed by atoms with Crippen LogP contribution < -0.4 is 15.4 Å². The minimum Gasteiger partial charge on any atom is -0.493 e. The summed E-state index contributed by atoms with van der Waals surface area (Å²) in [5, 5.41) is 5.64. The predicted octanol–water partition coefficient (Wildman–Crippen LogP) is 2.54. The van der Waals surface area contributed by atoms with Gasteiger partial charge in [0.25, 0.3) is 0 Å². The van der Waals surface area contributed by atoms with Crippen LogP contribution in [0, 0.1) is 0 Å². The first-order chi connectivity index (χ1) is 8.29. The molecule has 0 unspecified atom stereocenters. The summed E-state index contributed by atoms with van der Waals surface area (Å²) in [5.41, 5.74) is 1.99. The number of anilines is 1. The average Bonchev–Trinajstić information content (AvgIpc) is 2.76. The first-order valence-electron chi connectivity index (χ1n) is 6.10. The fraction of sp³-hybridized carbons (Fsp3) is 0.462. The van der Waals surface area contributed by atoms with Gasteiger partial charge in [-0.25, -0.2) is 4.79 Å². The Bertz CT molecular complexity index is 404. The highest BCUT2D eigenvalue weighted by Crippen LogP contribution is 2.27. The van der Waals surface area contributed by atoms with E-state index in [9.17, 15) is 4.79 Å². The smallest absolute Gasteiger partial charge is 0.319 e. The molecule has 1 aliphatic heterocycles. The zero-order chi connectivity index (χ0) is 12.1. The van der Waals surface area contributed by atoms with E-state index < -0.39 is 0 Å². The first kappa shape index (κ1) is 11.8. The molecule has 2 N–H and O–H groups in total. The summed E-state index contributed by atoms with van der Waals surface area (Å²) in [6.07, 6.45) is 3.00. The summed E-state index contributed by atoms with van der Waals surface area (Å²) in [7, 11) is 0. The summed E-state index contributed by atoms with van der Waals surface area (Å²) >= 11 is 0. The Hall–Kier alpha value is -1.71. The second-order valence-electron chi connectivity index (χ2n) is 4.16. The van der Waals surface area contributed by atoms with Crippen molar-refractivity contribution in [1.82, 2.24) is 5.32 Å². The molecule has 1 aliphatic rings. The van der Waals surface area contributed by atoms with Gasteiger partial charge in [0.1, 0.15) is 5.75 Å². The molecular weight excluding hydrogens is 216 g/mol. The Morgan fingerprint density at radius 3 is 3.18 bits per heavy atom. The van der Waals surface area contributed by atoms with Crippen LogP contribution in [0.2, 0.25) is 0 Å². The van der Waals surface area contributed by atoms with E-state index in [1.807, 2.05) is 18.2 Å². The molecule has 0 saturated carbocycles. The molecule has 0 saturated heterocycles. The highest BCUT2D eigenvalue weighted by atomic mass is 16.5. The van der Waals surface area contributed by atoms with Crippen molar-refractivity contribution in [3.8, 4) is 5.75 Å². The van der Waals surface area contributed by atoms with Crippen molar-refractivity contribution in [1.29, 1.82) is 0 Å². The average molecular weight is 234 g/mol. The number of hydrogen-bond donors (Lipinski definition) is 2. The molecule has 0 aromatic heterocycles. The summed E-state index contributed by atoms with van der Waals surface area (Å²) in [6, 6.07) is 5.60. The molecular formula is C13H18N2O2. The van der Waals surface area contributed by atoms with E-state index >= 15 is 0 Å². The fourth-order valence-electron chi connectivity index (χ4n) is 1.82. The third kappa shape index (κ3) is 3.12. The van der Waals surface area contributed by atoms with Crippen molar-refractivity contribution in [3.05, 3.63) is 23.8 Å². The molecule has 92 valence electrons. The van der Waals surface area contributed by atoms with Gasteiger partial charge in [0.15, 0.2) is 0 Å². The number of fused-ring (bicyclic) bond motifs is 1. The molecule has 1 aromatic rings. The van der Waals surface area contributed by atoms with Gasteiger partial charge in [0.2, 0.25) is 0 Å². The summed E-state index contributed by atoms with van der Waals surface area (Å²) < 4.78 is 5.41. The lowest BCUT2D eigenvalue weighted by molar-refractivity contribution is 0.252. The minimum atomic E-state index is -0.141. The van der Waals surface area contributed by atoms with Gasteiger partial charge in [-0.3, -0.25) is 0 Å². The maximum Gasteiger partial charge on any atom is 0.319 e. The van der Waals surface area contributed by atoms with Crippen molar-refractivity contribution < 1.29 is 9.53 Å². The van der Waals surface area contributed by atoms with E-state index in [2.05, 4.69) is 17.6 Å². The van der Waals surface area contributed by atoms with Crippen molar-refractivity contribution in [2.75, 3.05) is 18.5 Å². The van der Waals surface area contributed by atoms with Gasteiger partial charge >= 0.3 is 6.03 Å². The number of ether oxygens (including phenoxy) is 1. The molecule has 0 fully saturated rings. The lowest BCUT2D eigenvalue weighted by Crippen LogP contribution is -2.29. The molecule has 1 aromatic carbocycles. The molecule has 2 rings (SSSR count). The third-order valence-electron chi connectivity index (χ3n) is 2.76. The van der Waals surface area contributed by atoms with Crippen LogP contribution in [0.4, 0.5) is 10.5 Å². The van der Waals surface area contributed by atoms with Gasteiger partial charge in [0.05, 0.1) is 6.61 Å².